The van der Waals surface area contributed by atoms with Crippen molar-refractivity contribution in [3.8, 4) is 5.75 Å². The molecule has 8 heteroatoms. The second-order valence-electron chi connectivity index (χ2n) is 4.80. The molecule has 120 valence electrons. The molecule has 0 aliphatic carbocycles. The summed E-state index contributed by atoms with van der Waals surface area (Å²) < 4.78 is 5.58. The van der Waals surface area contributed by atoms with E-state index in [1.54, 1.807) is 30.3 Å². The fraction of sp³-hybridized carbons (Fsp3) is 0.200. The van der Waals surface area contributed by atoms with Crippen molar-refractivity contribution in [2.45, 2.75) is 20.0 Å². The molecule has 0 unspecified atom stereocenters. The lowest BCUT2D eigenvalue weighted by atomic mass is 10.2. The normalized spacial score (nSPS) is 10.9. The van der Waals surface area contributed by atoms with Crippen molar-refractivity contribution in [2.75, 3.05) is 0 Å². The summed E-state index contributed by atoms with van der Waals surface area (Å²) in [5.74, 6) is 0.0607. The van der Waals surface area contributed by atoms with E-state index in [4.69, 9.17) is 4.74 Å². The number of thiophene rings is 1. The van der Waals surface area contributed by atoms with Gasteiger partial charge in [-0.15, -0.1) is 0 Å². The number of rotatable bonds is 6. The molecule has 0 saturated heterocycles. The first kappa shape index (κ1) is 16.6. The predicted octanol–water partition coefficient (Wildman–Crippen LogP) is 3.21. The zero-order chi connectivity index (χ0) is 16.8. The lowest BCUT2D eigenvalue weighted by molar-refractivity contribution is -0.380. The highest BCUT2D eigenvalue weighted by Crippen LogP contribution is 2.22. The molecule has 1 aromatic heterocycles. The van der Waals surface area contributed by atoms with Crippen LogP contribution in [0.15, 0.2) is 41.5 Å². The van der Waals surface area contributed by atoms with Crippen LogP contribution in [0.5, 0.6) is 5.75 Å². The highest BCUT2D eigenvalue weighted by molar-refractivity contribution is 7.16. The Hall–Kier alpha value is -2.74. The summed E-state index contributed by atoms with van der Waals surface area (Å²) >= 11 is 0.976. The van der Waals surface area contributed by atoms with E-state index in [1.807, 2.05) is 13.8 Å². The third-order valence-electron chi connectivity index (χ3n) is 2.64. The number of carbonyl (C=O) groups is 1. The number of hydrazone groups is 1. The Morgan fingerprint density at radius 1 is 1.35 bits per heavy atom. The molecule has 1 aromatic carbocycles. The number of nitro groups is 1. The summed E-state index contributed by atoms with van der Waals surface area (Å²) in [5, 5.41) is 14.4. The number of amides is 1. The Morgan fingerprint density at radius 3 is 2.74 bits per heavy atom. The van der Waals surface area contributed by atoms with Gasteiger partial charge in [-0.25, -0.2) is 5.43 Å². The maximum Gasteiger partial charge on any atom is 0.324 e. The summed E-state index contributed by atoms with van der Waals surface area (Å²) in [4.78, 5) is 22.8. The van der Waals surface area contributed by atoms with Crippen molar-refractivity contribution in [3.63, 3.8) is 0 Å². The second kappa shape index (κ2) is 7.50. The minimum absolute atomic E-state index is 0.0217. The molecule has 0 aliphatic rings. The number of hydrogen-bond donors (Lipinski definition) is 1. The van der Waals surface area contributed by atoms with Crippen LogP contribution in [0.3, 0.4) is 0 Å². The van der Waals surface area contributed by atoms with Crippen LogP contribution in [0.4, 0.5) is 5.00 Å². The Balaban J connectivity index is 2.04. The first-order valence-corrected chi connectivity index (χ1v) is 7.62. The van der Waals surface area contributed by atoms with E-state index < -0.39 is 10.8 Å². The summed E-state index contributed by atoms with van der Waals surface area (Å²) in [7, 11) is 0. The Labute approximate surface area is 136 Å². The highest BCUT2D eigenvalue weighted by Gasteiger charge is 2.12. The molecule has 0 saturated carbocycles. The third-order valence-corrected chi connectivity index (χ3v) is 3.62. The van der Waals surface area contributed by atoms with Crippen molar-refractivity contribution < 1.29 is 14.5 Å². The molecule has 0 atom stereocenters. The summed E-state index contributed by atoms with van der Waals surface area (Å²) in [6.07, 6.45) is 1.31. The van der Waals surface area contributed by atoms with E-state index in [1.165, 1.54) is 12.3 Å². The number of nitrogens with one attached hydrogen (secondary N) is 1. The van der Waals surface area contributed by atoms with E-state index in [0.29, 0.717) is 16.2 Å². The molecular formula is C15H15N3O4S. The van der Waals surface area contributed by atoms with Gasteiger partial charge in [0.15, 0.2) is 0 Å². The van der Waals surface area contributed by atoms with Crippen LogP contribution >= 0.6 is 11.3 Å². The minimum Gasteiger partial charge on any atom is -0.490 e. The van der Waals surface area contributed by atoms with Crippen LogP contribution < -0.4 is 10.2 Å². The lowest BCUT2D eigenvalue weighted by Gasteiger charge is -2.12. The van der Waals surface area contributed by atoms with Crippen molar-refractivity contribution in [1.82, 2.24) is 5.43 Å². The molecule has 2 aromatic rings. The average Bonchev–Trinajstić information content (AvgIpc) is 2.96. The van der Waals surface area contributed by atoms with Gasteiger partial charge in [0.2, 0.25) is 0 Å². The van der Waals surface area contributed by atoms with Gasteiger partial charge in [-0.1, -0.05) is 23.5 Å². The van der Waals surface area contributed by atoms with Gasteiger partial charge < -0.3 is 4.74 Å². The fourth-order valence-electron chi connectivity index (χ4n) is 1.74. The molecule has 1 heterocycles. The molecular weight excluding hydrogens is 318 g/mol. The number of carbonyl (C=O) groups excluding carboxylic acids is 1. The Morgan fingerprint density at radius 2 is 2.09 bits per heavy atom. The zero-order valence-electron chi connectivity index (χ0n) is 12.6. The predicted molar refractivity (Wildman–Crippen MR) is 88.2 cm³/mol. The first-order valence-electron chi connectivity index (χ1n) is 6.80. The summed E-state index contributed by atoms with van der Waals surface area (Å²) in [5.41, 5.74) is 2.76. The van der Waals surface area contributed by atoms with Gasteiger partial charge in [-0.2, -0.15) is 5.10 Å². The largest absolute Gasteiger partial charge is 0.490 e. The molecule has 0 bridgehead atoms. The first-order chi connectivity index (χ1) is 11.0. The smallest absolute Gasteiger partial charge is 0.324 e. The van der Waals surface area contributed by atoms with Gasteiger partial charge in [-0.05, 0) is 32.0 Å². The van der Waals surface area contributed by atoms with Crippen LogP contribution in [0.25, 0.3) is 0 Å². The highest BCUT2D eigenvalue weighted by atomic mass is 32.1. The molecule has 1 N–H and O–H groups in total. The monoisotopic (exact) mass is 333 g/mol. The van der Waals surface area contributed by atoms with E-state index in [9.17, 15) is 14.9 Å². The zero-order valence-corrected chi connectivity index (χ0v) is 13.4. The number of hydrogen-bond acceptors (Lipinski definition) is 6. The summed E-state index contributed by atoms with van der Waals surface area (Å²) in [6.45, 7) is 3.74. The van der Waals surface area contributed by atoms with Crippen molar-refractivity contribution in [2.24, 2.45) is 5.10 Å². The number of benzene rings is 1. The quantitative estimate of drug-likeness (QED) is 0.499. The van der Waals surface area contributed by atoms with Crippen LogP contribution in [-0.2, 0) is 0 Å². The minimum atomic E-state index is -0.472. The number of ether oxygens (including phenoxy) is 1. The van der Waals surface area contributed by atoms with Gasteiger partial charge in [0, 0.05) is 6.07 Å². The maximum atomic E-state index is 12.1. The standard InChI is InChI=1S/C15H15N3O4S/c1-10(2)22-13-6-4-3-5-12(13)15(19)17-16-9-11-7-8-14(23-11)18(20)21/h3-10H,1-2H3,(H,17,19)/b16-9+. The van der Waals surface area contributed by atoms with Gasteiger partial charge >= 0.3 is 5.00 Å². The number of nitrogens with zero attached hydrogens (tertiary/aromatic N) is 2. The molecule has 0 radical (unpaired) electrons. The third kappa shape index (κ3) is 4.62. The van der Waals surface area contributed by atoms with E-state index >= 15 is 0 Å². The molecule has 0 spiro atoms. The van der Waals surface area contributed by atoms with Crippen molar-refractivity contribution >= 4 is 28.5 Å². The molecule has 2 rings (SSSR count). The van der Waals surface area contributed by atoms with E-state index in [2.05, 4.69) is 10.5 Å². The van der Waals surface area contributed by atoms with Crippen LogP contribution in [0.1, 0.15) is 29.1 Å². The molecule has 1 amide bonds. The maximum absolute atomic E-state index is 12.1. The van der Waals surface area contributed by atoms with E-state index in [-0.39, 0.29) is 11.1 Å². The lowest BCUT2D eigenvalue weighted by Crippen LogP contribution is -2.19. The molecule has 23 heavy (non-hydrogen) atoms. The average molecular weight is 333 g/mol. The Bertz CT molecular complexity index is 740. The van der Waals surface area contributed by atoms with Crippen LogP contribution in [0.2, 0.25) is 0 Å². The molecule has 7 nitrogen and oxygen atoms in total. The second-order valence-corrected chi connectivity index (χ2v) is 5.89. The Kier molecular flexibility index (Phi) is 5.42. The van der Waals surface area contributed by atoms with E-state index in [0.717, 1.165) is 11.3 Å². The van der Waals surface area contributed by atoms with Gasteiger partial charge in [-0.3, -0.25) is 14.9 Å². The van der Waals surface area contributed by atoms with Gasteiger partial charge in [0.05, 0.1) is 27.7 Å². The molecule has 0 fully saturated rings. The number of para-hydroxylation sites is 1. The van der Waals surface area contributed by atoms with Crippen molar-refractivity contribution in [1.29, 1.82) is 0 Å². The summed E-state index contributed by atoms with van der Waals surface area (Å²) in [6, 6.07) is 9.81. The topological polar surface area (TPSA) is 93.8 Å². The molecule has 0 aliphatic heterocycles. The van der Waals surface area contributed by atoms with Gasteiger partial charge in [0.1, 0.15) is 5.75 Å². The fourth-order valence-corrected chi connectivity index (χ4v) is 2.43. The van der Waals surface area contributed by atoms with Crippen molar-refractivity contribution in [3.05, 3.63) is 57.0 Å². The SMILES string of the molecule is CC(C)Oc1ccccc1C(=O)N/N=C/c1ccc([N+](=O)[O-])s1. The van der Waals surface area contributed by atoms with Crippen LogP contribution in [-0.4, -0.2) is 23.1 Å². The van der Waals surface area contributed by atoms with Crippen LogP contribution in [0, 0.1) is 10.1 Å². The van der Waals surface area contributed by atoms with Gasteiger partial charge in [0.25, 0.3) is 5.91 Å².